The molecule has 0 fully saturated rings. The molecule has 0 bridgehead atoms. The van der Waals surface area contributed by atoms with E-state index in [0.29, 0.717) is 28.3 Å². The number of amides is 2. The molecule has 0 aliphatic carbocycles. The van der Waals surface area contributed by atoms with E-state index in [2.05, 4.69) is 20.6 Å². The fraction of sp³-hybridized carbons (Fsp3) is 0.172. The molecule has 3 N–H and O–H groups in total. The SMILES string of the molecule is Cc1cnc(/C=C2\C(=O)Nc3cc(/C=C/CNC(=O)c4c(C)n(C)n(Cc5ccc(F)c(F)c5)c4=O)ccc32)[nH]1. The van der Waals surface area contributed by atoms with E-state index in [0.717, 1.165) is 29.0 Å². The molecular formula is C29H26F2N6O3. The number of hydrogen-bond acceptors (Lipinski definition) is 4. The Kier molecular flexibility index (Phi) is 7.03. The molecule has 2 amide bonds. The van der Waals surface area contributed by atoms with Gasteiger partial charge in [-0.25, -0.2) is 18.4 Å². The highest BCUT2D eigenvalue weighted by Crippen LogP contribution is 2.33. The third-order valence-corrected chi connectivity index (χ3v) is 6.72. The number of carbonyl (C=O) groups is 2. The van der Waals surface area contributed by atoms with Gasteiger partial charge in [-0.05, 0) is 49.2 Å². The zero-order valence-electron chi connectivity index (χ0n) is 22.0. The quantitative estimate of drug-likeness (QED) is 0.307. The summed E-state index contributed by atoms with van der Waals surface area (Å²) in [6.45, 7) is 3.66. The monoisotopic (exact) mass is 544 g/mol. The van der Waals surface area contributed by atoms with Crippen LogP contribution in [0.1, 0.15) is 44.3 Å². The van der Waals surface area contributed by atoms with Gasteiger partial charge in [-0.2, -0.15) is 0 Å². The van der Waals surface area contributed by atoms with Crippen LogP contribution in [0.4, 0.5) is 14.5 Å². The van der Waals surface area contributed by atoms with Gasteiger partial charge in [-0.15, -0.1) is 0 Å². The second-order valence-corrected chi connectivity index (χ2v) is 9.48. The maximum absolute atomic E-state index is 13.6. The highest BCUT2D eigenvalue weighted by atomic mass is 19.2. The summed E-state index contributed by atoms with van der Waals surface area (Å²) >= 11 is 0. The molecule has 0 radical (unpaired) electrons. The first-order chi connectivity index (χ1) is 19.1. The van der Waals surface area contributed by atoms with Crippen LogP contribution < -0.4 is 16.2 Å². The van der Waals surface area contributed by atoms with E-state index in [1.54, 1.807) is 38.4 Å². The zero-order valence-corrected chi connectivity index (χ0v) is 22.0. The van der Waals surface area contributed by atoms with Crippen LogP contribution in [-0.2, 0) is 18.4 Å². The van der Waals surface area contributed by atoms with Gasteiger partial charge in [0.2, 0.25) is 0 Å². The summed E-state index contributed by atoms with van der Waals surface area (Å²) in [7, 11) is 1.62. The summed E-state index contributed by atoms with van der Waals surface area (Å²) in [4.78, 5) is 45.6. The Hall–Kier alpha value is -5.06. The number of fused-ring (bicyclic) bond motifs is 1. The molecule has 0 atom stereocenters. The van der Waals surface area contributed by atoms with Crippen molar-refractivity contribution in [3.63, 3.8) is 0 Å². The van der Waals surface area contributed by atoms with Gasteiger partial charge in [-0.3, -0.25) is 19.1 Å². The van der Waals surface area contributed by atoms with E-state index in [1.807, 2.05) is 25.1 Å². The molecule has 2 aromatic carbocycles. The fourth-order valence-electron chi connectivity index (χ4n) is 4.55. The summed E-state index contributed by atoms with van der Waals surface area (Å²) in [5, 5.41) is 5.57. The number of anilines is 1. The Morgan fingerprint density at radius 1 is 1.10 bits per heavy atom. The number of carbonyl (C=O) groups excluding carboxylic acids is 2. The zero-order chi connectivity index (χ0) is 28.6. The molecule has 0 unspecified atom stereocenters. The van der Waals surface area contributed by atoms with E-state index in [9.17, 15) is 23.2 Å². The molecule has 0 saturated heterocycles. The smallest absolute Gasteiger partial charge is 0.280 e. The Bertz CT molecular complexity index is 1780. The minimum atomic E-state index is -1.01. The number of aromatic nitrogens is 4. The summed E-state index contributed by atoms with van der Waals surface area (Å²) in [6.07, 6.45) is 6.93. The average Bonchev–Trinajstić information content (AvgIpc) is 3.53. The largest absolute Gasteiger partial charge is 0.348 e. The van der Waals surface area contributed by atoms with E-state index >= 15 is 0 Å². The summed E-state index contributed by atoms with van der Waals surface area (Å²) < 4.78 is 29.7. The average molecular weight is 545 g/mol. The van der Waals surface area contributed by atoms with Crippen LogP contribution in [0.15, 0.2) is 53.5 Å². The van der Waals surface area contributed by atoms with Crippen molar-refractivity contribution in [2.75, 3.05) is 11.9 Å². The number of aromatic amines is 1. The van der Waals surface area contributed by atoms with Gasteiger partial charge in [0.15, 0.2) is 11.6 Å². The predicted molar refractivity (Wildman–Crippen MR) is 148 cm³/mol. The molecule has 0 spiro atoms. The molecule has 4 aromatic rings. The maximum Gasteiger partial charge on any atom is 0.280 e. The molecule has 204 valence electrons. The van der Waals surface area contributed by atoms with Crippen LogP contribution in [0, 0.1) is 25.5 Å². The molecule has 0 saturated carbocycles. The number of nitrogens with zero attached hydrogens (tertiary/aromatic N) is 3. The van der Waals surface area contributed by atoms with Crippen LogP contribution in [0.5, 0.6) is 0 Å². The van der Waals surface area contributed by atoms with E-state index in [4.69, 9.17) is 0 Å². The van der Waals surface area contributed by atoms with Crippen LogP contribution in [0.2, 0.25) is 0 Å². The Balaban J connectivity index is 1.25. The van der Waals surface area contributed by atoms with E-state index < -0.39 is 23.1 Å². The van der Waals surface area contributed by atoms with Crippen LogP contribution >= 0.6 is 0 Å². The van der Waals surface area contributed by atoms with Crippen molar-refractivity contribution in [2.24, 2.45) is 7.05 Å². The second kappa shape index (κ2) is 10.6. The van der Waals surface area contributed by atoms with Gasteiger partial charge >= 0.3 is 0 Å². The van der Waals surface area contributed by atoms with E-state index in [1.165, 1.54) is 15.4 Å². The van der Waals surface area contributed by atoms with E-state index in [-0.39, 0.29) is 24.6 Å². The number of nitrogens with one attached hydrogen (secondary N) is 3. The van der Waals surface area contributed by atoms with Crippen molar-refractivity contribution in [1.82, 2.24) is 24.6 Å². The van der Waals surface area contributed by atoms with Crippen LogP contribution in [0.25, 0.3) is 17.7 Å². The second-order valence-electron chi connectivity index (χ2n) is 9.48. The highest BCUT2D eigenvalue weighted by Gasteiger charge is 2.24. The first kappa shape index (κ1) is 26.5. The van der Waals surface area contributed by atoms with Gasteiger partial charge in [-0.1, -0.05) is 30.4 Å². The molecule has 1 aliphatic heterocycles. The lowest BCUT2D eigenvalue weighted by Crippen LogP contribution is -2.31. The summed E-state index contributed by atoms with van der Waals surface area (Å²) in [5.41, 5.74) is 3.94. The van der Waals surface area contributed by atoms with Gasteiger partial charge in [0.05, 0.1) is 12.1 Å². The lowest BCUT2D eigenvalue weighted by molar-refractivity contribution is -0.110. The molecule has 3 heterocycles. The van der Waals surface area contributed by atoms with Crippen molar-refractivity contribution in [3.05, 3.63) is 110 Å². The van der Waals surface area contributed by atoms with Crippen molar-refractivity contribution in [2.45, 2.75) is 20.4 Å². The summed E-state index contributed by atoms with van der Waals surface area (Å²) in [6, 6.07) is 8.94. The fourth-order valence-corrected chi connectivity index (χ4v) is 4.55. The van der Waals surface area contributed by atoms with Gasteiger partial charge < -0.3 is 15.6 Å². The lowest BCUT2D eigenvalue weighted by atomic mass is 10.0. The topological polar surface area (TPSA) is 114 Å². The molecule has 40 heavy (non-hydrogen) atoms. The minimum absolute atomic E-state index is 0.0204. The molecule has 2 aromatic heterocycles. The van der Waals surface area contributed by atoms with Crippen LogP contribution in [-0.4, -0.2) is 37.7 Å². The normalized spacial score (nSPS) is 13.7. The molecule has 5 rings (SSSR count). The summed E-state index contributed by atoms with van der Waals surface area (Å²) in [5.74, 6) is -2.15. The Labute approximate surface area is 227 Å². The molecule has 9 nitrogen and oxygen atoms in total. The van der Waals surface area contributed by atoms with Gasteiger partial charge in [0.1, 0.15) is 11.4 Å². The third-order valence-electron chi connectivity index (χ3n) is 6.72. The minimum Gasteiger partial charge on any atom is -0.348 e. The highest BCUT2D eigenvalue weighted by molar-refractivity contribution is 6.34. The van der Waals surface area contributed by atoms with Crippen molar-refractivity contribution >= 4 is 35.2 Å². The predicted octanol–water partition coefficient (Wildman–Crippen LogP) is 3.79. The molecular weight excluding hydrogens is 518 g/mol. The van der Waals surface area contributed by atoms with Gasteiger partial charge in [0, 0.05) is 42.4 Å². The number of imidazole rings is 1. The number of halogens is 2. The first-order valence-corrected chi connectivity index (χ1v) is 12.5. The number of rotatable bonds is 7. The number of aryl methyl sites for hydroxylation is 1. The number of benzene rings is 2. The first-order valence-electron chi connectivity index (χ1n) is 12.5. The maximum atomic E-state index is 13.6. The number of hydrogen-bond donors (Lipinski definition) is 3. The van der Waals surface area contributed by atoms with Gasteiger partial charge in [0.25, 0.3) is 17.4 Å². The third kappa shape index (κ3) is 5.13. The molecule has 1 aliphatic rings. The van der Waals surface area contributed by atoms with Crippen molar-refractivity contribution in [1.29, 1.82) is 0 Å². The standard InChI is InChI=1S/C29H26F2N6O3/c1-16-14-33-25(34-16)13-21-20-8-6-18(12-24(20)35-27(21)38)5-4-10-32-28(39)26-17(2)36(3)37(29(26)40)15-19-7-9-22(30)23(31)11-19/h4-9,11-14H,10,15H2,1-3H3,(H,32,39)(H,33,34)(H,35,38)/b5-4+,21-13-. The lowest BCUT2D eigenvalue weighted by Gasteiger charge is -2.08. The Morgan fingerprint density at radius 2 is 1.90 bits per heavy atom. The number of H-pyrrole nitrogens is 1. The van der Waals surface area contributed by atoms with Crippen LogP contribution in [0.3, 0.4) is 0 Å². The Morgan fingerprint density at radius 3 is 2.62 bits per heavy atom. The van der Waals surface area contributed by atoms with Crippen molar-refractivity contribution in [3.8, 4) is 0 Å². The molecule has 11 heteroatoms. The van der Waals surface area contributed by atoms with Crippen molar-refractivity contribution < 1.29 is 18.4 Å².